The highest BCUT2D eigenvalue weighted by molar-refractivity contribution is 5.87. The van der Waals surface area contributed by atoms with Gasteiger partial charge >= 0.3 is 0 Å². The van der Waals surface area contributed by atoms with E-state index in [9.17, 15) is 4.79 Å². The van der Waals surface area contributed by atoms with Crippen LogP contribution in [0.2, 0.25) is 0 Å². The SMILES string of the molecule is CC(C)[C@@H](N)C(=O)N[C@H](C)c1cccc2ccccc12. The van der Waals surface area contributed by atoms with Crippen LogP contribution in [0.3, 0.4) is 0 Å². The van der Waals surface area contributed by atoms with Crippen molar-refractivity contribution in [3.63, 3.8) is 0 Å². The van der Waals surface area contributed by atoms with Gasteiger partial charge in [-0.2, -0.15) is 0 Å². The number of hydrogen-bond donors (Lipinski definition) is 2. The van der Waals surface area contributed by atoms with Crippen LogP contribution in [0, 0.1) is 5.92 Å². The van der Waals surface area contributed by atoms with E-state index < -0.39 is 6.04 Å². The normalized spacial score (nSPS) is 14.2. The van der Waals surface area contributed by atoms with Gasteiger partial charge in [0.15, 0.2) is 0 Å². The first kappa shape index (κ1) is 14.5. The maximum Gasteiger partial charge on any atom is 0.237 e. The van der Waals surface area contributed by atoms with Crippen molar-refractivity contribution in [2.75, 3.05) is 0 Å². The van der Waals surface area contributed by atoms with Crippen LogP contribution in [-0.2, 0) is 4.79 Å². The lowest BCUT2D eigenvalue weighted by Gasteiger charge is -2.21. The first-order valence-electron chi connectivity index (χ1n) is 7.04. The molecule has 2 aromatic carbocycles. The molecule has 2 rings (SSSR count). The standard InChI is InChI=1S/C17H22N2O/c1-11(2)16(18)17(20)19-12(3)14-10-6-8-13-7-4-5-9-15(13)14/h4-12,16H,18H2,1-3H3,(H,19,20)/t12-,16-/m1/s1. The Bertz CT molecular complexity index is 601. The molecule has 0 aliphatic heterocycles. The van der Waals surface area contributed by atoms with Crippen molar-refractivity contribution < 1.29 is 4.79 Å². The maximum atomic E-state index is 12.1. The van der Waals surface area contributed by atoms with Gasteiger partial charge in [0.05, 0.1) is 12.1 Å². The molecule has 3 nitrogen and oxygen atoms in total. The van der Waals surface area contributed by atoms with E-state index in [0.29, 0.717) is 0 Å². The number of amides is 1. The van der Waals surface area contributed by atoms with Crippen LogP contribution in [0.25, 0.3) is 10.8 Å². The highest BCUT2D eigenvalue weighted by Crippen LogP contribution is 2.24. The van der Waals surface area contributed by atoms with Crippen LogP contribution in [-0.4, -0.2) is 11.9 Å². The second-order valence-corrected chi connectivity index (χ2v) is 5.57. The van der Waals surface area contributed by atoms with E-state index in [1.807, 2.05) is 45.0 Å². The Morgan fingerprint density at radius 2 is 1.70 bits per heavy atom. The summed E-state index contributed by atoms with van der Waals surface area (Å²) < 4.78 is 0. The third-order valence-corrected chi connectivity index (χ3v) is 3.67. The Kier molecular flexibility index (Phi) is 4.40. The summed E-state index contributed by atoms with van der Waals surface area (Å²) in [6, 6.07) is 13.8. The predicted octanol–water partition coefficient (Wildman–Crippen LogP) is 3.00. The molecular formula is C17H22N2O. The van der Waals surface area contributed by atoms with E-state index in [1.54, 1.807) is 0 Å². The molecule has 0 aliphatic carbocycles. The van der Waals surface area contributed by atoms with Crippen molar-refractivity contribution in [3.8, 4) is 0 Å². The molecule has 0 heterocycles. The minimum atomic E-state index is -0.465. The summed E-state index contributed by atoms with van der Waals surface area (Å²) in [5, 5.41) is 5.35. The minimum absolute atomic E-state index is 0.0570. The molecule has 0 aromatic heterocycles. The molecular weight excluding hydrogens is 248 g/mol. The second-order valence-electron chi connectivity index (χ2n) is 5.57. The molecule has 0 saturated carbocycles. The van der Waals surface area contributed by atoms with E-state index >= 15 is 0 Å². The number of benzene rings is 2. The van der Waals surface area contributed by atoms with Crippen LogP contribution < -0.4 is 11.1 Å². The third-order valence-electron chi connectivity index (χ3n) is 3.67. The molecule has 106 valence electrons. The Morgan fingerprint density at radius 1 is 1.05 bits per heavy atom. The van der Waals surface area contributed by atoms with Crippen LogP contribution in [0.1, 0.15) is 32.4 Å². The van der Waals surface area contributed by atoms with E-state index in [2.05, 4.69) is 23.5 Å². The van der Waals surface area contributed by atoms with Crippen molar-refractivity contribution in [3.05, 3.63) is 48.0 Å². The fourth-order valence-electron chi connectivity index (χ4n) is 2.32. The molecule has 0 aliphatic rings. The van der Waals surface area contributed by atoms with Crippen LogP contribution in [0.15, 0.2) is 42.5 Å². The molecule has 20 heavy (non-hydrogen) atoms. The van der Waals surface area contributed by atoms with Crippen molar-refractivity contribution >= 4 is 16.7 Å². The van der Waals surface area contributed by atoms with Gasteiger partial charge < -0.3 is 11.1 Å². The van der Waals surface area contributed by atoms with E-state index in [-0.39, 0.29) is 17.9 Å². The molecule has 3 N–H and O–H groups in total. The zero-order valence-corrected chi connectivity index (χ0v) is 12.3. The zero-order valence-electron chi connectivity index (χ0n) is 12.3. The molecule has 1 amide bonds. The van der Waals surface area contributed by atoms with Crippen molar-refractivity contribution in [2.24, 2.45) is 11.7 Å². The molecule has 0 saturated heterocycles. The van der Waals surface area contributed by atoms with Gasteiger partial charge in [-0.25, -0.2) is 0 Å². The van der Waals surface area contributed by atoms with Crippen molar-refractivity contribution in [2.45, 2.75) is 32.9 Å². The molecule has 0 fully saturated rings. The largest absolute Gasteiger partial charge is 0.348 e. The fourth-order valence-corrected chi connectivity index (χ4v) is 2.32. The van der Waals surface area contributed by atoms with Gasteiger partial charge in [0.25, 0.3) is 0 Å². The molecule has 3 heteroatoms. The van der Waals surface area contributed by atoms with Crippen molar-refractivity contribution in [1.29, 1.82) is 0 Å². The predicted molar refractivity (Wildman–Crippen MR) is 83.3 cm³/mol. The number of rotatable bonds is 4. The molecule has 2 aromatic rings. The fraction of sp³-hybridized carbons (Fsp3) is 0.353. The molecule has 0 unspecified atom stereocenters. The molecule has 0 bridgehead atoms. The van der Waals surface area contributed by atoms with Crippen LogP contribution in [0.4, 0.5) is 0 Å². The highest BCUT2D eigenvalue weighted by atomic mass is 16.2. The maximum absolute atomic E-state index is 12.1. The average molecular weight is 270 g/mol. The summed E-state index contributed by atoms with van der Waals surface area (Å²) in [6.45, 7) is 5.90. The number of fused-ring (bicyclic) bond motifs is 1. The second kappa shape index (κ2) is 6.06. The van der Waals surface area contributed by atoms with Crippen LogP contribution in [0.5, 0.6) is 0 Å². The summed E-state index contributed by atoms with van der Waals surface area (Å²) in [5.41, 5.74) is 7.00. The van der Waals surface area contributed by atoms with Gasteiger partial charge in [0.2, 0.25) is 5.91 Å². The Labute approximate surface area is 120 Å². The number of carbonyl (C=O) groups is 1. The van der Waals surface area contributed by atoms with Gasteiger partial charge in [-0.05, 0) is 29.2 Å². The van der Waals surface area contributed by atoms with Gasteiger partial charge in [-0.3, -0.25) is 4.79 Å². The number of nitrogens with two attached hydrogens (primary N) is 1. The minimum Gasteiger partial charge on any atom is -0.348 e. The lowest BCUT2D eigenvalue weighted by Crippen LogP contribution is -2.44. The highest BCUT2D eigenvalue weighted by Gasteiger charge is 2.20. The summed E-state index contributed by atoms with van der Waals surface area (Å²) in [6.07, 6.45) is 0. The van der Waals surface area contributed by atoms with E-state index in [4.69, 9.17) is 5.73 Å². The van der Waals surface area contributed by atoms with Gasteiger partial charge in [-0.15, -0.1) is 0 Å². The first-order valence-corrected chi connectivity index (χ1v) is 7.04. The Balaban J connectivity index is 2.24. The van der Waals surface area contributed by atoms with Gasteiger partial charge in [0.1, 0.15) is 0 Å². The van der Waals surface area contributed by atoms with Gasteiger partial charge in [0, 0.05) is 0 Å². The zero-order chi connectivity index (χ0) is 14.7. The first-order chi connectivity index (χ1) is 9.50. The number of carbonyl (C=O) groups excluding carboxylic acids is 1. The molecule has 0 radical (unpaired) electrons. The lowest BCUT2D eigenvalue weighted by molar-refractivity contribution is -0.123. The number of hydrogen-bond acceptors (Lipinski definition) is 2. The molecule has 0 spiro atoms. The lowest BCUT2D eigenvalue weighted by atomic mass is 9.98. The quantitative estimate of drug-likeness (QED) is 0.897. The topological polar surface area (TPSA) is 55.1 Å². The summed E-state index contributed by atoms with van der Waals surface area (Å²) in [4.78, 5) is 12.1. The monoisotopic (exact) mass is 270 g/mol. The average Bonchev–Trinajstić information content (AvgIpc) is 2.45. The smallest absolute Gasteiger partial charge is 0.237 e. The van der Waals surface area contributed by atoms with E-state index in [0.717, 1.165) is 5.56 Å². The summed E-state index contributed by atoms with van der Waals surface area (Å²) >= 11 is 0. The third kappa shape index (κ3) is 2.99. The van der Waals surface area contributed by atoms with Crippen LogP contribution >= 0.6 is 0 Å². The summed E-state index contributed by atoms with van der Waals surface area (Å²) in [7, 11) is 0. The summed E-state index contributed by atoms with van der Waals surface area (Å²) in [5.74, 6) is 0.0372. The van der Waals surface area contributed by atoms with Gasteiger partial charge in [-0.1, -0.05) is 56.3 Å². The molecule has 2 atom stereocenters. The Morgan fingerprint density at radius 3 is 2.40 bits per heavy atom. The van der Waals surface area contributed by atoms with E-state index in [1.165, 1.54) is 10.8 Å². The Hall–Kier alpha value is -1.87. The number of nitrogens with one attached hydrogen (secondary N) is 1. The van der Waals surface area contributed by atoms with Crippen molar-refractivity contribution in [1.82, 2.24) is 5.32 Å².